The number of halogens is 2. The maximum Gasteiger partial charge on any atom is 0.327 e. The number of hydrogen-bond donors (Lipinski definition) is 1. The highest BCUT2D eigenvalue weighted by Gasteiger charge is 2.22. The van der Waals surface area contributed by atoms with Crippen LogP contribution in [0.3, 0.4) is 0 Å². The van der Waals surface area contributed by atoms with E-state index in [1.54, 1.807) is 28.7 Å². The summed E-state index contributed by atoms with van der Waals surface area (Å²) in [6, 6.07) is 16.8. The third-order valence-electron chi connectivity index (χ3n) is 5.70. The predicted molar refractivity (Wildman–Crippen MR) is 166 cm³/mol. The van der Waals surface area contributed by atoms with Crippen molar-refractivity contribution in [2.75, 3.05) is 43.4 Å². The topological polar surface area (TPSA) is 99.3 Å². The maximum atomic E-state index is 12.9. The zero-order valence-corrected chi connectivity index (χ0v) is 25.8. The van der Waals surface area contributed by atoms with Crippen molar-refractivity contribution < 1.29 is 9.53 Å². The van der Waals surface area contributed by atoms with E-state index in [1.165, 1.54) is 11.9 Å². The van der Waals surface area contributed by atoms with Crippen molar-refractivity contribution in [1.82, 2.24) is 19.7 Å². The highest BCUT2D eigenvalue weighted by Crippen LogP contribution is 2.35. The van der Waals surface area contributed by atoms with Gasteiger partial charge in [-0.15, -0.1) is 10.2 Å². The van der Waals surface area contributed by atoms with Gasteiger partial charge in [-0.05, 0) is 95.3 Å². The highest BCUT2D eigenvalue weighted by molar-refractivity contribution is 8.00. The molecule has 0 aliphatic carbocycles. The van der Waals surface area contributed by atoms with Gasteiger partial charge < -0.3 is 19.3 Å². The molecule has 2 aromatic carbocycles. The number of ether oxygens (including phenoxy) is 1. The largest absolute Gasteiger partial charge is 0.459 e. The first kappa shape index (κ1) is 30.5. The van der Waals surface area contributed by atoms with Crippen molar-refractivity contribution in [3.8, 4) is 11.9 Å². The minimum absolute atomic E-state index is 0.0477. The van der Waals surface area contributed by atoms with Gasteiger partial charge in [0.15, 0.2) is 5.82 Å². The van der Waals surface area contributed by atoms with Crippen LogP contribution in [0.5, 0.6) is 0 Å². The Bertz CT molecular complexity index is 1560. The Balaban J connectivity index is 1.67. The fourth-order valence-electron chi connectivity index (χ4n) is 3.98. The lowest BCUT2D eigenvalue weighted by Crippen LogP contribution is -2.31. The summed E-state index contributed by atoms with van der Waals surface area (Å²) in [5, 5.41) is 23.5. The van der Waals surface area contributed by atoms with E-state index >= 15 is 0 Å². The van der Waals surface area contributed by atoms with Gasteiger partial charge in [-0.1, -0.05) is 23.2 Å². The average Bonchev–Trinajstić information content (AvgIpc) is 3.25. The monoisotopic (exact) mass is 611 g/mol. The Morgan fingerprint density at radius 3 is 2.44 bits per heavy atom. The minimum atomic E-state index is -0.639. The molecule has 0 radical (unpaired) electrons. The van der Waals surface area contributed by atoms with Gasteiger partial charge in [-0.3, -0.25) is 9.36 Å². The number of nitrogens with one attached hydrogen (secondary N) is 1. The summed E-state index contributed by atoms with van der Waals surface area (Å²) in [5.41, 5.74) is 1.30. The molecule has 0 aliphatic heterocycles. The molecule has 0 fully saturated rings. The number of aromatic nitrogens is 3. The van der Waals surface area contributed by atoms with Gasteiger partial charge in [0, 0.05) is 45.3 Å². The number of likely N-dealkylation sites (N-methyl/N-ethyl adjacent to an activating group) is 1. The first-order valence-electron chi connectivity index (χ1n) is 12.8. The Hall–Kier alpha value is -3.49. The molecule has 0 aliphatic rings. The summed E-state index contributed by atoms with van der Waals surface area (Å²) < 4.78 is 9.21. The number of benzene rings is 2. The second-order valence-electron chi connectivity index (χ2n) is 10.6. The van der Waals surface area contributed by atoms with E-state index < -0.39 is 11.6 Å². The van der Waals surface area contributed by atoms with Crippen molar-refractivity contribution >= 4 is 63.5 Å². The van der Waals surface area contributed by atoms with Crippen molar-refractivity contribution in [2.45, 2.75) is 31.3 Å². The number of carbonyl (C=O) groups excluding carboxylic acids is 1. The summed E-state index contributed by atoms with van der Waals surface area (Å²) >= 11 is 13.8. The molecule has 0 amide bonds. The Morgan fingerprint density at radius 2 is 1.83 bits per heavy atom. The molecule has 2 aromatic heterocycles. The van der Waals surface area contributed by atoms with Crippen LogP contribution in [0.15, 0.2) is 59.6 Å². The van der Waals surface area contributed by atoms with Crippen LogP contribution in [0.25, 0.3) is 16.7 Å². The second-order valence-corrected chi connectivity index (χ2v) is 12.5. The van der Waals surface area contributed by atoms with Crippen LogP contribution in [-0.2, 0) is 9.53 Å². The normalized spacial score (nSPS) is 11.5. The molecule has 12 heteroatoms. The molecule has 41 heavy (non-hydrogen) atoms. The number of fused-ring (bicyclic) bond motifs is 1. The van der Waals surface area contributed by atoms with Crippen LogP contribution in [0.1, 0.15) is 26.3 Å². The third kappa shape index (κ3) is 8.27. The van der Waals surface area contributed by atoms with Crippen molar-refractivity contribution in [1.29, 1.82) is 5.26 Å². The van der Waals surface area contributed by atoms with Gasteiger partial charge in [0.05, 0.1) is 11.1 Å². The number of hydrogen-bond acceptors (Lipinski definition) is 9. The lowest BCUT2D eigenvalue weighted by Gasteiger charge is -2.26. The van der Waals surface area contributed by atoms with Gasteiger partial charge in [0.2, 0.25) is 0 Å². The number of carbonyl (C=O) groups is 1. The molecule has 1 N–H and O–H groups in total. The fourth-order valence-corrected chi connectivity index (χ4v) is 5.64. The summed E-state index contributed by atoms with van der Waals surface area (Å²) in [4.78, 5) is 15.7. The highest BCUT2D eigenvalue weighted by atomic mass is 35.5. The van der Waals surface area contributed by atoms with Gasteiger partial charge in [0.25, 0.3) is 0 Å². The standard InChI is InChI=1S/C29H31Cl2N7O2S/c1-29(2,3)40-28(39)18-38(41-23-13-20(30)12-21(31)14-23)22-6-7-25-24(15-22)19(16-32)17-37(25)27-9-8-26(34-35-27)33-10-11-36(4)5/h6-9,12-15,17H,10-11,18H2,1-5H3,(H,33,34). The molecule has 0 saturated carbocycles. The van der Waals surface area contributed by atoms with Gasteiger partial charge in [0.1, 0.15) is 24.0 Å². The molecule has 0 bridgehead atoms. The molecule has 4 aromatic rings. The molecule has 0 saturated heterocycles. The fraction of sp³-hybridized carbons (Fsp3) is 0.310. The summed E-state index contributed by atoms with van der Waals surface area (Å²) in [6.07, 6.45) is 1.74. The second kappa shape index (κ2) is 13.0. The Labute approximate surface area is 254 Å². The smallest absolute Gasteiger partial charge is 0.327 e. The van der Waals surface area contributed by atoms with Crippen molar-refractivity contribution in [3.63, 3.8) is 0 Å². The van der Waals surface area contributed by atoms with E-state index in [0.717, 1.165) is 23.5 Å². The molecule has 0 unspecified atom stereocenters. The number of esters is 1. The van der Waals surface area contributed by atoms with Crippen LogP contribution in [0.2, 0.25) is 10.0 Å². The van der Waals surface area contributed by atoms with Crippen LogP contribution >= 0.6 is 35.1 Å². The molecule has 0 atom stereocenters. The van der Waals surface area contributed by atoms with Crippen molar-refractivity contribution in [2.24, 2.45) is 0 Å². The van der Waals surface area contributed by atoms with E-state index in [-0.39, 0.29) is 6.54 Å². The molecule has 2 heterocycles. The first-order valence-corrected chi connectivity index (χ1v) is 14.4. The molecule has 9 nitrogen and oxygen atoms in total. The Morgan fingerprint density at radius 1 is 1.10 bits per heavy atom. The van der Waals surface area contributed by atoms with Crippen LogP contribution in [0.4, 0.5) is 11.5 Å². The van der Waals surface area contributed by atoms with E-state index in [2.05, 4.69) is 26.5 Å². The van der Waals surface area contributed by atoms with Gasteiger partial charge >= 0.3 is 5.97 Å². The maximum absolute atomic E-state index is 12.9. The minimum Gasteiger partial charge on any atom is -0.459 e. The molecular weight excluding hydrogens is 581 g/mol. The summed E-state index contributed by atoms with van der Waals surface area (Å²) in [5.74, 6) is 0.854. The summed E-state index contributed by atoms with van der Waals surface area (Å²) in [7, 11) is 4.02. The van der Waals surface area contributed by atoms with Crippen LogP contribution < -0.4 is 9.62 Å². The SMILES string of the molecule is CN(C)CCNc1ccc(-n2cc(C#N)c3cc(N(CC(=O)OC(C)(C)C)Sc4cc(Cl)cc(Cl)c4)ccc32)nn1. The zero-order valence-electron chi connectivity index (χ0n) is 23.5. The van der Waals surface area contributed by atoms with E-state index in [0.29, 0.717) is 38.3 Å². The number of nitriles is 1. The van der Waals surface area contributed by atoms with Crippen LogP contribution in [-0.4, -0.2) is 65.0 Å². The summed E-state index contributed by atoms with van der Waals surface area (Å²) in [6.45, 7) is 7.03. The quantitative estimate of drug-likeness (QED) is 0.161. The molecule has 214 valence electrons. The van der Waals surface area contributed by atoms with Crippen LogP contribution in [0, 0.1) is 11.3 Å². The third-order valence-corrected chi connectivity index (χ3v) is 7.15. The van der Waals surface area contributed by atoms with Gasteiger partial charge in [-0.2, -0.15) is 5.26 Å². The Kier molecular flexibility index (Phi) is 9.66. The van der Waals surface area contributed by atoms with E-state index in [1.807, 2.05) is 69.8 Å². The number of nitrogens with zero attached hydrogens (tertiary/aromatic N) is 6. The average molecular weight is 613 g/mol. The van der Waals surface area contributed by atoms with Gasteiger partial charge in [-0.25, -0.2) is 0 Å². The number of anilines is 2. The molecule has 0 spiro atoms. The lowest BCUT2D eigenvalue weighted by atomic mass is 10.1. The van der Waals surface area contributed by atoms with E-state index in [4.69, 9.17) is 27.9 Å². The first-order chi connectivity index (χ1) is 19.4. The number of rotatable bonds is 10. The van der Waals surface area contributed by atoms with E-state index in [9.17, 15) is 10.1 Å². The predicted octanol–water partition coefficient (Wildman–Crippen LogP) is 6.43. The van der Waals surface area contributed by atoms with Crippen molar-refractivity contribution in [3.05, 3.63) is 70.3 Å². The molecule has 4 rings (SSSR count). The zero-order chi connectivity index (χ0) is 29.7. The molecular formula is C29H31Cl2N7O2S. The lowest BCUT2D eigenvalue weighted by molar-refractivity contribution is -0.152.